The quantitative estimate of drug-likeness (QED) is 0.230. The van der Waals surface area contributed by atoms with Gasteiger partial charge in [0, 0.05) is 0 Å². The molecule has 0 radical (unpaired) electrons. The van der Waals surface area contributed by atoms with Crippen LogP contribution in [0.4, 0.5) is 0 Å². The molecule has 51 heavy (non-hydrogen) atoms. The average molecular weight is 799 g/mol. The number of hydrogen-bond acceptors (Lipinski definition) is 0. The van der Waals surface area contributed by atoms with Crippen molar-refractivity contribution >= 4 is 14.0 Å². The van der Waals surface area contributed by atoms with Crippen molar-refractivity contribution in [3.05, 3.63) is 99.0 Å². The Bertz CT molecular complexity index is 1840. The predicted octanol–water partition coefficient (Wildman–Crippen LogP) is 7.12. The molecular formula is C48H60Cl2Zr-2. The Kier molecular flexibility index (Phi) is 12.3. The van der Waals surface area contributed by atoms with Crippen molar-refractivity contribution in [1.29, 1.82) is 0 Å². The van der Waals surface area contributed by atoms with E-state index in [0.717, 1.165) is 17.8 Å². The fraction of sp³-hybridized carbons (Fsp3) is 0.542. The molecule has 3 heteroatoms. The average Bonchev–Trinajstić information content (AvgIpc) is 3.62. The van der Waals surface area contributed by atoms with Crippen LogP contribution < -0.4 is 24.8 Å². The molecule has 4 fully saturated rings. The molecule has 0 nitrogen and oxygen atoms in total. The summed E-state index contributed by atoms with van der Waals surface area (Å²) >= 11 is 1.55. The Balaban J connectivity index is 0.000000193. The Morgan fingerprint density at radius 3 is 1.88 bits per heavy atom. The van der Waals surface area contributed by atoms with E-state index < -0.39 is 0 Å². The zero-order valence-corrected chi connectivity index (χ0v) is 37.1. The van der Waals surface area contributed by atoms with Gasteiger partial charge < -0.3 is 24.8 Å². The molecule has 3 aromatic rings. The van der Waals surface area contributed by atoms with Crippen molar-refractivity contribution in [3.8, 4) is 11.1 Å². The summed E-state index contributed by atoms with van der Waals surface area (Å²) in [5.41, 5.74) is 16.0. The van der Waals surface area contributed by atoms with Gasteiger partial charge in [-0.05, 0) is 96.9 Å². The first kappa shape index (κ1) is 40.8. The summed E-state index contributed by atoms with van der Waals surface area (Å²) in [6.07, 6.45) is 17.4. The molecule has 0 spiro atoms. The van der Waals surface area contributed by atoms with E-state index in [2.05, 4.69) is 125 Å². The predicted molar refractivity (Wildman–Crippen MR) is 208 cm³/mol. The number of rotatable bonds is 1. The van der Waals surface area contributed by atoms with E-state index in [0.29, 0.717) is 35.0 Å². The van der Waals surface area contributed by atoms with Gasteiger partial charge in [-0.3, -0.25) is 6.08 Å². The third-order valence-corrected chi connectivity index (χ3v) is 14.3. The number of halogens is 2. The van der Waals surface area contributed by atoms with Crippen LogP contribution in [0.3, 0.4) is 0 Å². The van der Waals surface area contributed by atoms with Gasteiger partial charge in [0.25, 0.3) is 0 Å². The van der Waals surface area contributed by atoms with Crippen LogP contribution >= 0.6 is 0 Å². The van der Waals surface area contributed by atoms with Gasteiger partial charge in [-0.15, -0.1) is 11.1 Å². The zero-order chi connectivity index (χ0) is 35.1. The minimum Gasteiger partial charge on any atom is -1.00 e. The van der Waals surface area contributed by atoms with Gasteiger partial charge in [0.1, 0.15) is 0 Å². The summed E-state index contributed by atoms with van der Waals surface area (Å²) in [5.74, 6) is 7.71. The van der Waals surface area contributed by atoms with Crippen LogP contribution in [-0.2, 0) is 24.2 Å². The summed E-state index contributed by atoms with van der Waals surface area (Å²) in [4.78, 5) is 0. The molecule has 4 bridgehead atoms. The molecular weight excluding hydrogens is 739 g/mol. The van der Waals surface area contributed by atoms with Crippen LogP contribution in [0.15, 0.2) is 48.1 Å². The molecule has 4 saturated carbocycles. The minimum atomic E-state index is 0. The first-order chi connectivity index (χ1) is 23.2. The summed E-state index contributed by atoms with van der Waals surface area (Å²) < 4.78 is 1.51. The summed E-state index contributed by atoms with van der Waals surface area (Å²) in [5, 5.41) is 2.93. The zero-order valence-electron chi connectivity index (χ0n) is 33.2. The van der Waals surface area contributed by atoms with Gasteiger partial charge in [0.2, 0.25) is 0 Å². The Labute approximate surface area is 338 Å². The second-order valence-corrected chi connectivity index (χ2v) is 20.2. The minimum absolute atomic E-state index is 0. The van der Waals surface area contributed by atoms with Crippen LogP contribution in [0, 0.1) is 73.7 Å². The van der Waals surface area contributed by atoms with Gasteiger partial charge in [-0.1, -0.05) is 131 Å². The Morgan fingerprint density at radius 1 is 0.804 bits per heavy atom. The molecule has 0 N–H and O–H groups in total. The van der Waals surface area contributed by atoms with E-state index >= 15 is 0 Å². The maximum Gasteiger partial charge on any atom is -0.0264 e. The van der Waals surface area contributed by atoms with Crippen LogP contribution in [0.2, 0.25) is 0 Å². The molecule has 3 aromatic carbocycles. The van der Waals surface area contributed by atoms with E-state index in [1.54, 1.807) is 77.2 Å². The second kappa shape index (κ2) is 15.4. The molecule has 0 aliphatic heterocycles. The van der Waals surface area contributed by atoms with Crippen molar-refractivity contribution in [2.75, 3.05) is 0 Å². The maximum atomic E-state index is 3.48. The number of hydrogen-bond donors (Lipinski definition) is 0. The number of aryl methyl sites for hydroxylation is 1. The van der Waals surface area contributed by atoms with E-state index in [9.17, 15) is 0 Å². The topological polar surface area (TPSA) is 0 Å². The van der Waals surface area contributed by atoms with Gasteiger partial charge in [-0.25, -0.2) is 6.08 Å². The summed E-state index contributed by atoms with van der Waals surface area (Å²) in [7, 11) is 0. The standard InChI is InChI=1S/C29H33.C16H21.C3H6.2ClH.Zr/c1-14-13-24-25(18(5)15(14)2)21(8)28-27-20(7)17(4)16(3)19(6)26(27)22-11-9-10-12-23(22)29(24)28;1-11-2-3-15(4-11)16-8-12-5-13(9-16)7-14(6-12)10-16;1-3-2;;;/h9-13,16-17,19,21H,1-8H3;3-4,11-14H,5-10H2,1H3;1-2H3;2*1H;/q2*-1;;;;+2/p-2. The largest absolute Gasteiger partial charge is 1.00 e. The molecule has 0 saturated heterocycles. The first-order valence-electron chi connectivity index (χ1n) is 19.6. The third-order valence-electron chi connectivity index (χ3n) is 14.3. The number of benzene rings is 3. The molecule has 0 aromatic heterocycles. The first-order valence-corrected chi connectivity index (χ1v) is 20.8. The number of fused-ring (bicyclic) bond motifs is 8. The van der Waals surface area contributed by atoms with E-state index in [1.807, 2.05) is 0 Å². The second-order valence-electron chi connectivity index (χ2n) is 17.8. The molecule has 272 valence electrons. The Hall–Kier alpha value is -1.40. The maximum absolute atomic E-state index is 3.48. The molecule has 7 aliphatic rings. The molecule has 5 unspecified atom stereocenters. The van der Waals surface area contributed by atoms with E-state index in [4.69, 9.17) is 0 Å². The fourth-order valence-electron chi connectivity index (χ4n) is 11.8. The van der Waals surface area contributed by atoms with Gasteiger partial charge in [0.15, 0.2) is 0 Å². The van der Waals surface area contributed by atoms with Crippen molar-refractivity contribution in [3.63, 3.8) is 0 Å². The molecule has 0 heterocycles. The van der Waals surface area contributed by atoms with Crippen molar-refractivity contribution in [2.24, 2.45) is 40.9 Å². The van der Waals surface area contributed by atoms with Crippen LogP contribution in [0.5, 0.6) is 0 Å². The third kappa shape index (κ3) is 6.91. The van der Waals surface area contributed by atoms with Gasteiger partial charge in [0.05, 0.1) is 0 Å². The normalized spacial score (nSPS) is 31.6. The van der Waals surface area contributed by atoms with E-state index in [1.165, 1.54) is 61.1 Å². The summed E-state index contributed by atoms with van der Waals surface area (Å²) in [6, 6.07) is 11.7. The smallest absolute Gasteiger partial charge is 0.0264 e. The number of allylic oxidation sites excluding steroid dienone is 4. The fourth-order valence-corrected chi connectivity index (χ4v) is 11.8. The molecule has 7 aliphatic carbocycles. The van der Waals surface area contributed by atoms with Crippen molar-refractivity contribution < 1.29 is 49.0 Å². The van der Waals surface area contributed by atoms with Gasteiger partial charge >= 0.3 is 41.3 Å². The monoisotopic (exact) mass is 796 g/mol. The SMILES string of the molecule is CC1[C-]=CC(C23CC4CC(CC(C4)C2)C3)=C1.C[C](C)=[Zr+2].Cc1cc2c(c(C)c1C)C(C)c1c3c(c4ccccc4c1-2)C(C)C(C)C(C)[C-]3C.[Cl-].[Cl-]. The van der Waals surface area contributed by atoms with Crippen molar-refractivity contribution in [1.82, 2.24) is 0 Å². The van der Waals surface area contributed by atoms with Crippen LogP contribution in [0.1, 0.15) is 145 Å². The molecule has 10 rings (SSSR count). The van der Waals surface area contributed by atoms with Crippen LogP contribution in [-0.4, -0.2) is 3.21 Å². The summed E-state index contributed by atoms with van der Waals surface area (Å²) in [6.45, 7) is 25.6. The Morgan fingerprint density at radius 2 is 1.35 bits per heavy atom. The van der Waals surface area contributed by atoms with Gasteiger partial charge in [-0.2, -0.15) is 23.1 Å². The van der Waals surface area contributed by atoms with E-state index in [-0.39, 0.29) is 24.8 Å². The molecule has 0 amide bonds. The molecule has 5 atom stereocenters. The van der Waals surface area contributed by atoms with Crippen LogP contribution in [0.25, 0.3) is 21.9 Å². The van der Waals surface area contributed by atoms with Crippen molar-refractivity contribution in [2.45, 2.75) is 127 Å².